The van der Waals surface area contributed by atoms with Crippen molar-refractivity contribution in [3.63, 3.8) is 0 Å². The van der Waals surface area contributed by atoms with Crippen molar-refractivity contribution < 1.29 is 30.0 Å². The maximum atomic E-state index is 11.3. The van der Waals surface area contributed by atoms with Gasteiger partial charge in [0, 0.05) is 5.92 Å². The van der Waals surface area contributed by atoms with Gasteiger partial charge in [0.15, 0.2) is 0 Å². The Bertz CT molecular complexity index is 687. The minimum absolute atomic E-state index is 0.0371. The molecular formula is C16H14O6. The molecule has 0 aliphatic carbocycles. The van der Waals surface area contributed by atoms with Crippen molar-refractivity contribution in [2.24, 2.45) is 0 Å². The van der Waals surface area contributed by atoms with E-state index in [4.69, 9.17) is 0 Å². The molecule has 0 aliphatic heterocycles. The maximum Gasteiger partial charge on any atom is 0.335 e. The van der Waals surface area contributed by atoms with Gasteiger partial charge in [0.1, 0.15) is 11.5 Å². The van der Waals surface area contributed by atoms with E-state index in [1.807, 2.05) is 0 Å². The topological polar surface area (TPSA) is 115 Å². The van der Waals surface area contributed by atoms with Crippen LogP contribution in [0.3, 0.4) is 0 Å². The fraction of sp³-hybridized carbons (Fsp3) is 0.125. The number of phenolic OH excluding ortho intramolecular Hbond substituents is 2. The van der Waals surface area contributed by atoms with E-state index in [2.05, 4.69) is 0 Å². The van der Waals surface area contributed by atoms with Crippen LogP contribution in [0.25, 0.3) is 0 Å². The standard InChI is InChI=1S/C16H14O6/c1-8(13-6-9(17)2-4-11(13)15(19)20)14-7-10(18)3-5-12(14)16(21)22/h2-8,17-18H,1H3,(H,19,20)(H,21,22). The largest absolute Gasteiger partial charge is 0.508 e. The molecule has 4 N–H and O–H groups in total. The van der Waals surface area contributed by atoms with Crippen LogP contribution < -0.4 is 0 Å². The van der Waals surface area contributed by atoms with E-state index in [1.54, 1.807) is 6.92 Å². The summed E-state index contributed by atoms with van der Waals surface area (Å²) in [6.07, 6.45) is 0. The lowest BCUT2D eigenvalue weighted by Crippen LogP contribution is -2.10. The third-order valence-corrected chi connectivity index (χ3v) is 3.46. The number of hydrogen-bond donors (Lipinski definition) is 4. The van der Waals surface area contributed by atoms with Crippen LogP contribution in [0.4, 0.5) is 0 Å². The summed E-state index contributed by atoms with van der Waals surface area (Å²) in [5, 5.41) is 37.7. The predicted molar refractivity (Wildman–Crippen MR) is 77.6 cm³/mol. The van der Waals surface area contributed by atoms with Gasteiger partial charge in [-0.25, -0.2) is 9.59 Å². The smallest absolute Gasteiger partial charge is 0.335 e. The van der Waals surface area contributed by atoms with Crippen molar-refractivity contribution >= 4 is 11.9 Å². The highest BCUT2D eigenvalue weighted by atomic mass is 16.4. The van der Waals surface area contributed by atoms with Crippen molar-refractivity contribution in [1.29, 1.82) is 0 Å². The summed E-state index contributed by atoms with van der Waals surface area (Å²) >= 11 is 0. The molecule has 0 saturated heterocycles. The molecule has 114 valence electrons. The highest BCUT2D eigenvalue weighted by molar-refractivity contribution is 5.92. The summed E-state index contributed by atoms with van der Waals surface area (Å²) in [5.41, 5.74) is 0.455. The number of aromatic carboxylic acids is 2. The molecule has 0 spiro atoms. The molecule has 2 rings (SSSR count). The Hall–Kier alpha value is -3.02. The van der Waals surface area contributed by atoms with Crippen LogP contribution in [0, 0.1) is 0 Å². The third kappa shape index (κ3) is 2.85. The summed E-state index contributed by atoms with van der Waals surface area (Å²) in [5.74, 6) is -3.25. The number of carboxylic acid groups (broad SMARTS) is 2. The molecule has 0 aromatic heterocycles. The second kappa shape index (κ2) is 5.77. The van der Waals surface area contributed by atoms with E-state index < -0.39 is 17.9 Å². The number of benzene rings is 2. The molecule has 0 radical (unpaired) electrons. The Balaban J connectivity index is 2.64. The van der Waals surface area contributed by atoms with Gasteiger partial charge in [-0.1, -0.05) is 6.92 Å². The molecule has 6 heteroatoms. The van der Waals surface area contributed by atoms with Crippen molar-refractivity contribution in [2.75, 3.05) is 0 Å². The van der Waals surface area contributed by atoms with Gasteiger partial charge in [-0.05, 0) is 47.5 Å². The Labute approximate surface area is 125 Å². The van der Waals surface area contributed by atoms with Gasteiger partial charge in [-0.15, -0.1) is 0 Å². The summed E-state index contributed by atoms with van der Waals surface area (Å²) < 4.78 is 0. The van der Waals surface area contributed by atoms with E-state index in [1.165, 1.54) is 36.4 Å². The minimum Gasteiger partial charge on any atom is -0.508 e. The number of carbonyl (C=O) groups is 2. The van der Waals surface area contributed by atoms with Gasteiger partial charge in [0.25, 0.3) is 0 Å². The number of carboxylic acids is 2. The van der Waals surface area contributed by atoms with E-state index >= 15 is 0 Å². The molecular weight excluding hydrogens is 288 g/mol. The number of phenols is 2. The molecule has 0 amide bonds. The summed E-state index contributed by atoms with van der Waals surface area (Å²) in [7, 11) is 0. The number of rotatable bonds is 4. The molecule has 2 aromatic carbocycles. The van der Waals surface area contributed by atoms with Crippen LogP contribution in [0.2, 0.25) is 0 Å². The summed E-state index contributed by atoms with van der Waals surface area (Å²) in [6.45, 7) is 1.61. The SMILES string of the molecule is CC(c1cc(O)ccc1C(=O)O)c1cc(O)ccc1C(=O)O. The Morgan fingerprint density at radius 1 is 0.818 bits per heavy atom. The predicted octanol–water partition coefficient (Wildman–Crippen LogP) is 2.65. The molecule has 0 unspecified atom stereocenters. The van der Waals surface area contributed by atoms with E-state index in [9.17, 15) is 30.0 Å². The number of aromatic hydroxyl groups is 2. The quantitative estimate of drug-likeness (QED) is 0.690. The Morgan fingerprint density at radius 2 is 1.18 bits per heavy atom. The molecule has 22 heavy (non-hydrogen) atoms. The van der Waals surface area contributed by atoms with Crippen LogP contribution in [0.15, 0.2) is 36.4 Å². The van der Waals surface area contributed by atoms with Gasteiger partial charge < -0.3 is 20.4 Å². The van der Waals surface area contributed by atoms with Gasteiger partial charge in [0.2, 0.25) is 0 Å². The second-order valence-electron chi connectivity index (χ2n) is 4.88. The van der Waals surface area contributed by atoms with Gasteiger partial charge in [-0.3, -0.25) is 0 Å². The Morgan fingerprint density at radius 3 is 1.50 bits per heavy atom. The summed E-state index contributed by atoms with van der Waals surface area (Å²) in [4.78, 5) is 22.6. The lowest BCUT2D eigenvalue weighted by atomic mass is 9.86. The molecule has 0 bridgehead atoms. The van der Waals surface area contributed by atoms with Crippen molar-refractivity contribution in [3.05, 3.63) is 58.7 Å². The summed E-state index contributed by atoms with van der Waals surface area (Å²) in [6, 6.07) is 7.58. The van der Waals surface area contributed by atoms with Crippen LogP contribution >= 0.6 is 0 Å². The molecule has 0 fully saturated rings. The average Bonchev–Trinajstić information content (AvgIpc) is 2.45. The number of hydrogen-bond acceptors (Lipinski definition) is 4. The third-order valence-electron chi connectivity index (χ3n) is 3.46. The van der Waals surface area contributed by atoms with Crippen LogP contribution in [0.1, 0.15) is 44.7 Å². The maximum absolute atomic E-state index is 11.3. The molecule has 2 aromatic rings. The zero-order valence-electron chi connectivity index (χ0n) is 11.6. The van der Waals surface area contributed by atoms with Gasteiger partial charge >= 0.3 is 11.9 Å². The molecule has 0 saturated carbocycles. The zero-order chi connectivity index (χ0) is 16.4. The fourth-order valence-corrected chi connectivity index (χ4v) is 2.37. The monoisotopic (exact) mass is 302 g/mol. The van der Waals surface area contributed by atoms with Crippen LogP contribution in [0.5, 0.6) is 11.5 Å². The first kappa shape index (κ1) is 15.4. The normalized spacial score (nSPS) is 10.6. The van der Waals surface area contributed by atoms with E-state index in [0.29, 0.717) is 0 Å². The van der Waals surface area contributed by atoms with E-state index in [0.717, 1.165) is 0 Å². The first-order chi connectivity index (χ1) is 10.3. The highest BCUT2D eigenvalue weighted by Gasteiger charge is 2.22. The van der Waals surface area contributed by atoms with Gasteiger partial charge in [-0.2, -0.15) is 0 Å². The van der Waals surface area contributed by atoms with Crippen molar-refractivity contribution in [2.45, 2.75) is 12.8 Å². The average molecular weight is 302 g/mol. The van der Waals surface area contributed by atoms with E-state index in [-0.39, 0.29) is 33.8 Å². The molecule has 0 atom stereocenters. The van der Waals surface area contributed by atoms with Crippen LogP contribution in [-0.4, -0.2) is 32.4 Å². The van der Waals surface area contributed by atoms with Crippen molar-refractivity contribution in [3.8, 4) is 11.5 Å². The zero-order valence-corrected chi connectivity index (χ0v) is 11.6. The first-order valence-corrected chi connectivity index (χ1v) is 6.43. The highest BCUT2D eigenvalue weighted by Crippen LogP contribution is 2.33. The molecule has 6 nitrogen and oxygen atoms in total. The van der Waals surface area contributed by atoms with Crippen LogP contribution in [-0.2, 0) is 0 Å². The first-order valence-electron chi connectivity index (χ1n) is 6.43. The Kier molecular flexibility index (Phi) is 4.03. The molecule has 0 aliphatic rings. The lowest BCUT2D eigenvalue weighted by molar-refractivity contribution is 0.0686. The van der Waals surface area contributed by atoms with Crippen molar-refractivity contribution in [1.82, 2.24) is 0 Å². The lowest BCUT2D eigenvalue weighted by Gasteiger charge is -2.18. The fourth-order valence-electron chi connectivity index (χ4n) is 2.37. The van der Waals surface area contributed by atoms with Gasteiger partial charge in [0.05, 0.1) is 11.1 Å². The second-order valence-corrected chi connectivity index (χ2v) is 4.88. The minimum atomic E-state index is -1.18. The molecule has 0 heterocycles.